The van der Waals surface area contributed by atoms with Crippen LogP contribution in [-0.2, 0) is 0 Å². The van der Waals surface area contributed by atoms with Crippen LogP contribution in [0.2, 0.25) is 0 Å². The highest BCUT2D eigenvalue weighted by atomic mass is 16.5. The number of nitrogens with one attached hydrogen (secondary N) is 1. The predicted octanol–water partition coefficient (Wildman–Crippen LogP) is 2.53. The molecular formula is C12H19N3O. The lowest BCUT2D eigenvalue weighted by Crippen LogP contribution is -2.22. The summed E-state index contributed by atoms with van der Waals surface area (Å²) >= 11 is 0. The fraction of sp³-hybridized carbons (Fsp3) is 0.667. The molecule has 0 aromatic carbocycles. The Morgan fingerprint density at radius 2 is 1.69 bits per heavy atom. The lowest BCUT2D eigenvalue weighted by molar-refractivity contribution is 0.314. The van der Waals surface area contributed by atoms with E-state index in [0.29, 0.717) is 18.4 Å². The minimum absolute atomic E-state index is 0.336. The average Bonchev–Trinajstić information content (AvgIpc) is 2.27. The van der Waals surface area contributed by atoms with Gasteiger partial charge in [0.2, 0.25) is 0 Å². The first kappa shape index (κ1) is 11.2. The number of hydrogen-bond donors (Lipinski definition) is 1. The Bertz CT molecular complexity index is 351. The Labute approximate surface area is 96.4 Å². The van der Waals surface area contributed by atoms with Crippen molar-refractivity contribution >= 4 is 5.69 Å². The number of nitrogens with zero attached hydrogens (tertiary/aromatic N) is 2. The third kappa shape index (κ3) is 1.84. The van der Waals surface area contributed by atoms with Gasteiger partial charge in [-0.2, -0.15) is 10.2 Å². The molecule has 0 radical (unpaired) electrons. The third-order valence-electron chi connectivity index (χ3n) is 2.73. The number of rotatable bonds is 2. The second-order valence-electron chi connectivity index (χ2n) is 4.76. The Kier molecular flexibility index (Phi) is 2.99. The maximum absolute atomic E-state index is 5.74. The standard InChI is InChI=1S/C12H19N3O/c1-7(2)9-11-12(16-6-5-13-11)10(8(3)4)15-14-9/h7-8,13H,5-6H2,1-4H3. The molecule has 0 amide bonds. The molecule has 4 heteroatoms. The first-order valence-electron chi connectivity index (χ1n) is 5.88. The molecule has 0 saturated carbocycles. The number of hydrogen-bond acceptors (Lipinski definition) is 4. The van der Waals surface area contributed by atoms with Crippen LogP contribution in [0.15, 0.2) is 0 Å². The Morgan fingerprint density at radius 3 is 2.31 bits per heavy atom. The molecular weight excluding hydrogens is 202 g/mol. The van der Waals surface area contributed by atoms with Gasteiger partial charge in [-0.3, -0.25) is 0 Å². The summed E-state index contributed by atoms with van der Waals surface area (Å²) in [5, 5.41) is 12.0. The molecule has 1 aliphatic rings. The summed E-state index contributed by atoms with van der Waals surface area (Å²) in [5.41, 5.74) is 2.99. The van der Waals surface area contributed by atoms with Crippen LogP contribution in [0.5, 0.6) is 5.75 Å². The first-order valence-corrected chi connectivity index (χ1v) is 5.88. The van der Waals surface area contributed by atoms with Crippen molar-refractivity contribution in [2.24, 2.45) is 0 Å². The van der Waals surface area contributed by atoms with Gasteiger partial charge in [-0.15, -0.1) is 0 Å². The molecule has 0 spiro atoms. The Hall–Kier alpha value is -1.32. The Balaban J connectivity index is 2.54. The molecule has 2 heterocycles. The van der Waals surface area contributed by atoms with Crippen molar-refractivity contribution < 1.29 is 4.74 Å². The van der Waals surface area contributed by atoms with Gasteiger partial charge in [0.25, 0.3) is 0 Å². The van der Waals surface area contributed by atoms with Crippen LogP contribution in [0.25, 0.3) is 0 Å². The molecule has 0 saturated heterocycles. The van der Waals surface area contributed by atoms with Crippen LogP contribution in [0.1, 0.15) is 50.9 Å². The molecule has 0 aliphatic carbocycles. The van der Waals surface area contributed by atoms with Gasteiger partial charge < -0.3 is 10.1 Å². The SMILES string of the molecule is CC(C)c1nnc(C(C)C)c2c1NCCO2. The Morgan fingerprint density at radius 1 is 1.06 bits per heavy atom. The zero-order valence-corrected chi connectivity index (χ0v) is 10.4. The summed E-state index contributed by atoms with van der Waals surface area (Å²) in [4.78, 5) is 0. The molecule has 1 aliphatic heterocycles. The first-order chi connectivity index (χ1) is 7.61. The molecule has 0 atom stereocenters. The van der Waals surface area contributed by atoms with Crippen LogP contribution in [0.4, 0.5) is 5.69 Å². The van der Waals surface area contributed by atoms with Crippen LogP contribution in [-0.4, -0.2) is 23.3 Å². The summed E-state index contributed by atoms with van der Waals surface area (Å²) in [6, 6.07) is 0. The highest BCUT2D eigenvalue weighted by Gasteiger charge is 2.23. The van der Waals surface area contributed by atoms with Gasteiger partial charge in [0.05, 0.1) is 5.69 Å². The lowest BCUT2D eigenvalue weighted by atomic mass is 10.0. The van der Waals surface area contributed by atoms with Gasteiger partial charge in [-0.1, -0.05) is 27.7 Å². The summed E-state index contributed by atoms with van der Waals surface area (Å²) in [5.74, 6) is 1.60. The molecule has 0 unspecified atom stereocenters. The van der Waals surface area contributed by atoms with E-state index in [2.05, 4.69) is 43.2 Å². The van der Waals surface area contributed by atoms with E-state index in [1.165, 1.54) is 0 Å². The van der Waals surface area contributed by atoms with Crippen molar-refractivity contribution in [2.45, 2.75) is 39.5 Å². The maximum Gasteiger partial charge on any atom is 0.168 e. The molecule has 1 aromatic rings. The van der Waals surface area contributed by atoms with E-state index in [4.69, 9.17) is 4.74 Å². The van der Waals surface area contributed by atoms with E-state index in [0.717, 1.165) is 29.4 Å². The van der Waals surface area contributed by atoms with Gasteiger partial charge in [0.15, 0.2) is 5.75 Å². The fourth-order valence-corrected chi connectivity index (χ4v) is 1.88. The topological polar surface area (TPSA) is 47.0 Å². The summed E-state index contributed by atoms with van der Waals surface area (Å²) in [6.07, 6.45) is 0. The van der Waals surface area contributed by atoms with Crippen LogP contribution < -0.4 is 10.1 Å². The minimum atomic E-state index is 0.336. The van der Waals surface area contributed by atoms with Crippen molar-refractivity contribution in [2.75, 3.05) is 18.5 Å². The van der Waals surface area contributed by atoms with Gasteiger partial charge in [0, 0.05) is 12.5 Å². The maximum atomic E-state index is 5.74. The van der Waals surface area contributed by atoms with Crippen molar-refractivity contribution in [1.82, 2.24) is 10.2 Å². The van der Waals surface area contributed by atoms with E-state index in [1.54, 1.807) is 0 Å². The second kappa shape index (κ2) is 4.28. The zero-order chi connectivity index (χ0) is 11.7. The smallest absolute Gasteiger partial charge is 0.168 e. The third-order valence-corrected chi connectivity index (χ3v) is 2.73. The van der Waals surface area contributed by atoms with Crippen LogP contribution >= 0.6 is 0 Å². The number of ether oxygens (including phenoxy) is 1. The van der Waals surface area contributed by atoms with Crippen LogP contribution in [0.3, 0.4) is 0 Å². The van der Waals surface area contributed by atoms with E-state index >= 15 is 0 Å². The van der Waals surface area contributed by atoms with E-state index in [-0.39, 0.29) is 0 Å². The van der Waals surface area contributed by atoms with E-state index in [9.17, 15) is 0 Å². The average molecular weight is 221 g/mol. The number of fused-ring (bicyclic) bond motifs is 1. The summed E-state index contributed by atoms with van der Waals surface area (Å²) in [7, 11) is 0. The fourth-order valence-electron chi connectivity index (χ4n) is 1.88. The van der Waals surface area contributed by atoms with Gasteiger partial charge in [-0.25, -0.2) is 0 Å². The van der Waals surface area contributed by atoms with Crippen LogP contribution in [0, 0.1) is 0 Å². The molecule has 16 heavy (non-hydrogen) atoms. The monoisotopic (exact) mass is 221 g/mol. The second-order valence-corrected chi connectivity index (χ2v) is 4.76. The normalized spacial score (nSPS) is 14.6. The van der Waals surface area contributed by atoms with Gasteiger partial charge in [0.1, 0.15) is 18.0 Å². The predicted molar refractivity (Wildman–Crippen MR) is 64.2 cm³/mol. The molecule has 1 N–H and O–H groups in total. The molecule has 1 aromatic heterocycles. The number of aromatic nitrogens is 2. The van der Waals surface area contributed by atoms with Gasteiger partial charge in [-0.05, 0) is 5.92 Å². The van der Waals surface area contributed by atoms with Crippen molar-refractivity contribution in [3.8, 4) is 5.75 Å². The zero-order valence-electron chi connectivity index (χ0n) is 10.4. The van der Waals surface area contributed by atoms with Crippen molar-refractivity contribution in [3.05, 3.63) is 11.4 Å². The number of anilines is 1. The van der Waals surface area contributed by atoms with Gasteiger partial charge >= 0.3 is 0 Å². The van der Waals surface area contributed by atoms with E-state index in [1.807, 2.05) is 0 Å². The van der Waals surface area contributed by atoms with Crippen molar-refractivity contribution in [3.63, 3.8) is 0 Å². The summed E-state index contributed by atoms with van der Waals surface area (Å²) in [6.45, 7) is 10.0. The molecule has 0 bridgehead atoms. The molecule has 0 fully saturated rings. The molecule has 4 nitrogen and oxygen atoms in total. The lowest BCUT2D eigenvalue weighted by Gasteiger charge is -2.25. The highest BCUT2D eigenvalue weighted by molar-refractivity contribution is 5.63. The summed E-state index contributed by atoms with van der Waals surface area (Å²) < 4.78 is 5.74. The highest BCUT2D eigenvalue weighted by Crippen LogP contribution is 2.37. The largest absolute Gasteiger partial charge is 0.488 e. The van der Waals surface area contributed by atoms with Crippen molar-refractivity contribution in [1.29, 1.82) is 0 Å². The van der Waals surface area contributed by atoms with E-state index < -0.39 is 0 Å². The quantitative estimate of drug-likeness (QED) is 0.833. The molecule has 2 rings (SSSR count). The minimum Gasteiger partial charge on any atom is -0.488 e. The molecule has 88 valence electrons.